The summed E-state index contributed by atoms with van der Waals surface area (Å²) in [7, 11) is 6.66. The number of hydrogen-bond donors (Lipinski definition) is 2. The van der Waals surface area contributed by atoms with Crippen molar-refractivity contribution in [2.24, 2.45) is 4.99 Å². The highest BCUT2D eigenvalue weighted by molar-refractivity contribution is 7.11. The van der Waals surface area contributed by atoms with E-state index in [1.165, 1.54) is 4.88 Å². The topological polar surface area (TPSA) is 77.0 Å². The maximum Gasteiger partial charge on any atom is 0.191 e. The summed E-state index contributed by atoms with van der Waals surface area (Å²) >= 11 is 1.72. The molecule has 2 rings (SSSR count). The van der Waals surface area contributed by atoms with Gasteiger partial charge in [-0.1, -0.05) is 6.92 Å². The number of nitrogens with one attached hydrogen (secondary N) is 2. The van der Waals surface area contributed by atoms with Crippen molar-refractivity contribution in [1.29, 1.82) is 0 Å². The molecule has 0 saturated heterocycles. The van der Waals surface area contributed by atoms with E-state index in [1.54, 1.807) is 39.7 Å². The second-order valence-corrected chi connectivity index (χ2v) is 6.89. The number of aliphatic imine (C=N–C) groups is 1. The standard InChI is InChI=1S/C19H28N4O3S/c1-6-14-11-22-18(27-14)12-23-19(20-2)21-8-7-15-16(25-4)9-13(24-3)10-17(15)26-5/h9-11H,6-8,12H2,1-5H3,(H2,20,21,23). The molecular weight excluding hydrogens is 364 g/mol. The van der Waals surface area contributed by atoms with Gasteiger partial charge in [0.25, 0.3) is 0 Å². The SMILES string of the molecule is CCc1cnc(CNC(=NC)NCCc2c(OC)cc(OC)cc2OC)s1. The Hall–Kier alpha value is -2.48. The normalized spacial score (nSPS) is 11.2. The molecule has 0 spiro atoms. The average molecular weight is 393 g/mol. The van der Waals surface area contributed by atoms with Gasteiger partial charge in [-0.3, -0.25) is 4.99 Å². The second-order valence-electron chi connectivity index (χ2n) is 5.69. The summed E-state index contributed by atoms with van der Waals surface area (Å²) in [5.41, 5.74) is 0.983. The Kier molecular flexibility index (Phi) is 8.19. The summed E-state index contributed by atoms with van der Waals surface area (Å²) in [4.78, 5) is 9.96. The quantitative estimate of drug-likeness (QED) is 0.505. The fraction of sp³-hybridized carbons (Fsp3) is 0.474. The molecule has 0 unspecified atom stereocenters. The van der Waals surface area contributed by atoms with E-state index in [0.717, 1.165) is 34.5 Å². The molecule has 0 aliphatic carbocycles. The minimum absolute atomic E-state index is 0.652. The van der Waals surface area contributed by atoms with Gasteiger partial charge in [0.2, 0.25) is 0 Å². The van der Waals surface area contributed by atoms with E-state index in [9.17, 15) is 0 Å². The largest absolute Gasteiger partial charge is 0.496 e. The number of aryl methyl sites for hydroxylation is 1. The number of methoxy groups -OCH3 is 3. The van der Waals surface area contributed by atoms with E-state index in [2.05, 4.69) is 27.5 Å². The molecule has 0 saturated carbocycles. The van der Waals surface area contributed by atoms with Gasteiger partial charge in [0.05, 0.1) is 27.9 Å². The van der Waals surface area contributed by atoms with E-state index in [1.807, 2.05) is 18.3 Å². The molecule has 0 fully saturated rings. The molecule has 2 aromatic rings. The van der Waals surface area contributed by atoms with E-state index in [0.29, 0.717) is 25.3 Å². The van der Waals surface area contributed by atoms with Crippen LogP contribution >= 0.6 is 11.3 Å². The number of nitrogens with zero attached hydrogens (tertiary/aromatic N) is 2. The molecule has 1 heterocycles. The van der Waals surface area contributed by atoms with Crippen LogP contribution in [0.4, 0.5) is 0 Å². The molecule has 0 amide bonds. The maximum absolute atomic E-state index is 5.49. The molecule has 0 atom stereocenters. The van der Waals surface area contributed by atoms with Crippen LogP contribution in [-0.4, -0.2) is 45.9 Å². The lowest BCUT2D eigenvalue weighted by Crippen LogP contribution is -2.37. The van der Waals surface area contributed by atoms with Gasteiger partial charge in [0.15, 0.2) is 5.96 Å². The molecule has 1 aromatic carbocycles. The minimum atomic E-state index is 0.652. The number of aromatic nitrogens is 1. The average Bonchev–Trinajstić information content (AvgIpc) is 3.18. The van der Waals surface area contributed by atoms with Crippen LogP contribution < -0.4 is 24.8 Å². The first-order chi connectivity index (χ1) is 13.1. The Morgan fingerprint density at radius 1 is 1.11 bits per heavy atom. The van der Waals surface area contributed by atoms with Crippen LogP contribution in [0.15, 0.2) is 23.3 Å². The summed E-state index contributed by atoms with van der Waals surface area (Å²) in [6.45, 7) is 3.46. The first-order valence-electron chi connectivity index (χ1n) is 8.82. The lowest BCUT2D eigenvalue weighted by atomic mass is 10.1. The van der Waals surface area contributed by atoms with Crippen LogP contribution in [0.2, 0.25) is 0 Å². The van der Waals surface area contributed by atoms with Crippen LogP contribution in [0.5, 0.6) is 17.2 Å². The molecule has 7 nitrogen and oxygen atoms in total. The fourth-order valence-corrected chi connectivity index (χ4v) is 3.41. The van der Waals surface area contributed by atoms with Gasteiger partial charge in [-0.2, -0.15) is 0 Å². The lowest BCUT2D eigenvalue weighted by Gasteiger charge is -2.16. The zero-order valence-electron chi connectivity index (χ0n) is 16.6. The monoisotopic (exact) mass is 392 g/mol. The number of thiazole rings is 1. The molecule has 8 heteroatoms. The Balaban J connectivity index is 1.93. The molecule has 0 aliphatic heterocycles. The van der Waals surface area contributed by atoms with E-state index in [4.69, 9.17) is 14.2 Å². The second kappa shape index (κ2) is 10.6. The van der Waals surface area contributed by atoms with Crippen LogP contribution in [-0.2, 0) is 19.4 Å². The van der Waals surface area contributed by atoms with Crippen LogP contribution in [0.1, 0.15) is 22.4 Å². The van der Waals surface area contributed by atoms with Crippen molar-refractivity contribution in [2.45, 2.75) is 26.3 Å². The smallest absolute Gasteiger partial charge is 0.191 e. The molecule has 148 valence electrons. The van der Waals surface area contributed by atoms with Crippen molar-refractivity contribution in [3.05, 3.63) is 33.8 Å². The van der Waals surface area contributed by atoms with Crippen LogP contribution in [0.25, 0.3) is 0 Å². The number of hydrogen-bond acceptors (Lipinski definition) is 6. The number of guanidine groups is 1. The van der Waals surface area contributed by atoms with Crippen molar-refractivity contribution in [1.82, 2.24) is 15.6 Å². The van der Waals surface area contributed by atoms with E-state index < -0.39 is 0 Å². The van der Waals surface area contributed by atoms with Gasteiger partial charge in [0.1, 0.15) is 22.3 Å². The number of ether oxygens (including phenoxy) is 3. The van der Waals surface area contributed by atoms with Gasteiger partial charge in [-0.15, -0.1) is 11.3 Å². The Morgan fingerprint density at radius 2 is 1.81 bits per heavy atom. The highest BCUT2D eigenvalue weighted by Gasteiger charge is 2.13. The highest BCUT2D eigenvalue weighted by Crippen LogP contribution is 2.34. The predicted octanol–water partition coefficient (Wildman–Crippen LogP) is 2.64. The summed E-state index contributed by atoms with van der Waals surface area (Å²) in [5, 5.41) is 7.65. The summed E-state index contributed by atoms with van der Waals surface area (Å²) < 4.78 is 16.3. The first kappa shape index (κ1) is 20.8. The third kappa shape index (κ3) is 5.75. The van der Waals surface area contributed by atoms with Gasteiger partial charge in [-0.25, -0.2) is 4.98 Å². The van der Waals surface area contributed by atoms with Gasteiger partial charge >= 0.3 is 0 Å². The number of benzene rings is 1. The summed E-state index contributed by atoms with van der Waals surface area (Å²) in [6, 6.07) is 3.72. The fourth-order valence-electron chi connectivity index (χ4n) is 2.60. The summed E-state index contributed by atoms with van der Waals surface area (Å²) in [5.74, 6) is 2.92. The Morgan fingerprint density at radius 3 is 2.33 bits per heavy atom. The highest BCUT2D eigenvalue weighted by atomic mass is 32.1. The Bertz CT molecular complexity index is 736. The van der Waals surface area contributed by atoms with Crippen molar-refractivity contribution in [2.75, 3.05) is 34.9 Å². The number of rotatable bonds is 9. The maximum atomic E-state index is 5.49. The lowest BCUT2D eigenvalue weighted by molar-refractivity contribution is 0.368. The molecule has 0 bridgehead atoms. The van der Waals surface area contributed by atoms with Crippen LogP contribution in [0, 0.1) is 0 Å². The Labute approximate surface area is 164 Å². The molecule has 1 aromatic heterocycles. The van der Waals surface area contributed by atoms with E-state index in [-0.39, 0.29) is 0 Å². The molecule has 0 aliphatic rings. The van der Waals surface area contributed by atoms with Crippen LogP contribution in [0.3, 0.4) is 0 Å². The zero-order valence-corrected chi connectivity index (χ0v) is 17.4. The van der Waals surface area contributed by atoms with E-state index >= 15 is 0 Å². The predicted molar refractivity (Wildman–Crippen MR) is 109 cm³/mol. The third-order valence-electron chi connectivity index (χ3n) is 4.07. The summed E-state index contributed by atoms with van der Waals surface area (Å²) in [6.07, 6.45) is 3.66. The molecule has 2 N–H and O–H groups in total. The minimum Gasteiger partial charge on any atom is -0.496 e. The molecule has 27 heavy (non-hydrogen) atoms. The third-order valence-corrected chi connectivity index (χ3v) is 5.21. The first-order valence-corrected chi connectivity index (χ1v) is 9.63. The zero-order chi connectivity index (χ0) is 19.6. The molecular formula is C19H28N4O3S. The van der Waals surface area contributed by atoms with Crippen molar-refractivity contribution in [3.63, 3.8) is 0 Å². The van der Waals surface area contributed by atoms with Gasteiger partial charge in [-0.05, 0) is 12.8 Å². The van der Waals surface area contributed by atoms with Crippen molar-refractivity contribution in [3.8, 4) is 17.2 Å². The van der Waals surface area contributed by atoms with Crippen molar-refractivity contribution >= 4 is 17.3 Å². The van der Waals surface area contributed by atoms with Crippen molar-refractivity contribution < 1.29 is 14.2 Å². The molecule has 0 radical (unpaired) electrons. The van der Waals surface area contributed by atoms with Gasteiger partial charge in [0, 0.05) is 42.4 Å². The van der Waals surface area contributed by atoms with Gasteiger partial charge < -0.3 is 24.8 Å².